The van der Waals surface area contributed by atoms with E-state index in [9.17, 15) is 0 Å². The van der Waals surface area contributed by atoms with Crippen LogP contribution in [0.15, 0.2) is 78.0 Å². The van der Waals surface area contributed by atoms with E-state index in [1.54, 1.807) is 13.3 Å². The minimum atomic E-state index is -0.230. The number of benzene rings is 3. The molecular weight excluding hydrogens is 480 g/mol. The van der Waals surface area contributed by atoms with Gasteiger partial charge in [0.05, 0.1) is 18.2 Å². The van der Waals surface area contributed by atoms with Crippen LogP contribution >= 0.6 is 0 Å². The zero-order chi connectivity index (χ0) is 26.3. The Balaban J connectivity index is 1.28. The van der Waals surface area contributed by atoms with E-state index < -0.39 is 0 Å². The van der Waals surface area contributed by atoms with Gasteiger partial charge in [0.15, 0.2) is 17.3 Å². The number of pyridine rings is 1. The fourth-order valence-corrected chi connectivity index (χ4v) is 4.38. The van der Waals surface area contributed by atoms with Crippen LogP contribution in [0.5, 0.6) is 23.0 Å². The van der Waals surface area contributed by atoms with Crippen molar-refractivity contribution < 1.29 is 18.7 Å². The van der Waals surface area contributed by atoms with E-state index in [1.807, 2.05) is 67.6 Å². The smallest absolute Gasteiger partial charge is 0.174 e. The number of aromatic nitrogens is 2. The monoisotopic (exact) mass is 508 g/mol. The summed E-state index contributed by atoms with van der Waals surface area (Å²) >= 11 is 0. The van der Waals surface area contributed by atoms with Crippen LogP contribution in [0.1, 0.15) is 24.2 Å². The molecule has 0 saturated heterocycles. The Morgan fingerprint density at radius 3 is 2.68 bits per heavy atom. The summed E-state index contributed by atoms with van der Waals surface area (Å²) in [6.45, 7) is 6.49. The molecule has 5 aromatic rings. The number of nitrogens with one attached hydrogen (secondary N) is 1. The Morgan fingerprint density at radius 1 is 1.05 bits per heavy atom. The highest BCUT2D eigenvalue weighted by molar-refractivity contribution is 5.96. The highest BCUT2D eigenvalue weighted by Gasteiger charge is 2.39. The van der Waals surface area contributed by atoms with Gasteiger partial charge in [-0.15, -0.1) is 0 Å². The van der Waals surface area contributed by atoms with Crippen LogP contribution in [0, 0.1) is 6.92 Å². The molecule has 0 atom stereocenters. The lowest BCUT2D eigenvalue weighted by atomic mass is 10.0. The van der Waals surface area contributed by atoms with Crippen molar-refractivity contribution in [3.05, 3.63) is 84.8 Å². The van der Waals surface area contributed by atoms with Crippen LogP contribution in [-0.2, 0) is 0 Å². The third kappa shape index (κ3) is 4.73. The molecule has 3 N–H and O–H groups in total. The Kier molecular flexibility index (Phi) is 5.88. The fourth-order valence-electron chi connectivity index (χ4n) is 4.38. The number of nitrogens with two attached hydrogens (primary N) is 1. The van der Waals surface area contributed by atoms with E-state index >= 15 is 0 Å². The molecule has 6 rings (SSSR count). The number of hydrogen-bond donors (Lipinski definition) is 2. The number of fused-ring (bicyclic) bond motifs is 2. The highest BCUT2D eigenvalue weighted by Crippen LogP contribution is 2.39. The van der Waals surface area contributed by atoms with Gasteiger partial charge in [0.25, 0.3) is 0 Å². The summed E-state index contributed by atoms with van der Waals surface area (Å²) in [5.74, 6) is 3.94. The fraction of sp³-hybridized carbons (Fsp3) is 0.200. The molecule has 3 aromatic carbocycles. The first kappa shape index (κ1) is 23.8. The lowest BCUT2D eigenvalue weighted by Crippen LogP contribution is -2.29. The first-order chi connectivity index (χ1) is 18.4. The summed E-state index contributed by atoms with van der Waals surface area (Å²) in [4.78, 5) is 4.52. The summed E-state index contributed by atoms with van der Waals surface area (Å²) in [6.07, 6.45) is 3.66. The van der Waals surface area contributed by atoms with Gasteiger partial charge in [-0.05, 0) is 60.9 Å². The first-order valence-corrected chi connectivity index (χ1v) is 12.4. The molecule has 0 unspecified atom stereocenters. The summed E-state index contributed by atoms with van der Waals surface area (Å²) in [5.41, 5.74) is 8.40. The quantitative estimate of drug-likeness (QED) is 0.234. The minimum Gasteiger partial charge on any atom is -0.493 e. The van der Waals surface area contributed by atoms with Crippen molar-refractivity contribution in [3.8, 4) is 23.0 Å². The molecular formula is C30H28N4O4. The maximum atomic E-state index is 6.35. The zero-order valence-corrected chi connectivity index (χ0v) is 21.3. The van der Waals surface area contributed by atoms with Crippen molar-refractivity contribution in [2.75, 3.05) is 19.0 Å². The SMILES string of the molecule is C=C(Nc1cc(C)on1)c1cccc2cc(Oc3ccnc4cc(OCC5(N)CC5)c(OC)cc34)ccc12. The third-order valence-electron chi connectivity index (χ3n) is 6.71. The molecule has 1 aliphatic rings. The van der Waals surface area contributed by atoms with Gasteiger partial charge in [-0.25, -0.2) is 0 Å². The molecule has 0 spiro atoms. The number of methoxy groups -OCH3 is 1. The molecule has 1 aliphatic carbocycles. The summed E-state index contributed by atoms with van der Waals surface area (Å²) < 4.78 is 23.1. The largest absolute Gasteiger partial charge is 0.493 e. The van der Waals surface area contributed by atoms with Gasteiger partial charge < -0.3 is 29.8 Å². The maximum Gasteiger partial charge on any atom is 0.174 e. The van der Waals surface area contributed by atoms with Crippen LogP contribution in [0.2, 0.25) is 0 Å². The molecule has 0 bridgehead atoms. The lowest BCUT2D eigenvalue weighted by Gasteiger charge is -2.16. The van der Waals surface area contributed by atoms with Crippen LogP contribution in [-0.4, -0.2) is 29.4 Å². The van der Waals surface area contributed by atoms with Gasteiger partial charge in [-0.1, -0.05) is 29.9 Å². The van der Waals surface area contributed by atoms with Crippen molar-refractivity contribution in [2.24, 2.45) is 5.73 Å². The van der Waals surface area contributed by atoms with Gasteiger partial charge in [0.2, 0.25) is 0 Å². The predicted molar refractivity (Wildman–Crippen MR) is 148 cm³/mol. The summed E-state index contributed by atoms with van der Waals surface area (Å²) in [6, 6.07) is 19.4. The van der Waals surface area contributed by atoms with E-state index in [2.05, 4.69) is 22.0 Å². The van der Waals surface area contributed by atoms with E-state index in [-0.39, 0.29) is 5.54 Å². The van der Waals surface area contributed by atoms with Crippen molar-refractivity contribution >= 4 is 33.2 Å². The maximum absolute atomic E-state index is 6.35. The Bertz CT molecular complexity index is 1670. The minimum absolute atomic E-state index is 0.230. The second-order valence-electron chi connectivity index (χ2n) is 9.70. The van der Waals surface area contributed by atoms with Crippen LogP contribution in [0.3, 0.4) is 0 Å². The van der Waals surface area contributed by atoms with Gasteiger partial charge in [0, 0.05) is 35.0 Å². The second kappa shape index (κ2) is 9.39. The van der Waals surface area contributed by atoms with E-state index in [0.29, 0.717) is 35.4 Å². The molecule has 0 amide bonds. The Hall–Kier alpha value is -4.56. The molecule has 38 heavy (non-hydrogen) atoms. The standard InChI is InChI=1S/C30H28N4O4/c1-18-13-29(34-38-18)33-19(2)22-6-4-5-20-14-21(7-8-23(20)22)37-26-9-12-32-25-16-28(27(35-3)15-24(25)26)36-17-30(31)10-11-30/h4-9,12-16H,2,10-11,17,31H2,1,3H3,(H,33,34). The van der Waals surface area contributed by atoms with Gasteiger partial charge >= 0.3 is 0 Å². The average Bonchev–Trinajstić information content (AvgIpc) is 3.53. The number of nitrogens with zero attached hydrogens (tertiary/aromatic N) is 2. The van der Waals surface area contributed by atoms with Crippen molar-refractivity contribution in [3.63, 3.8) is 0 Å². The molecule has 8 heteroatoms. The van der Waals surface area contributed by atoms with E-state index in [4.69, 9.17) is 24.5 Å². The predicted octanol–water partition coefficient (Wildman–Crippen LogP) is 6.44. The van der Waals surface area contributed by atoms with Gasteiger partial charge in [-0.3, -0.25) is 4.98 Å². The average molecular weight is 509 g/mol. The van der Waals surface area contributed by atoms with Crippen LogP contribution < -0.4 is 25.3 Å². The number of aryl methyl sites for hydroxylation is 1. The van der Waals surface area contributed by atoms with Crippen LogP contribution in [0.25, 0.3) is 27.4 Å². The lowest BCUT2D eigenvalue weighted by molar-refractivity contribution is 0.264. The summed E-state index contributed by atoms with van der Waals surface area (Å²) in [7, 11) is 1.62. The topological polar surface area (TPSA) is 105 Å². The van der Waals surface area contributed by atoms with Crippen molar-refractivity contribution in [1.82, 2.24) is 10.1 Å². The van der Waals surface area contributed by atoms with Gasteiger partial charge in [-0.2, -0.15) is 0 Å². The molecule has 0 radical (unpaired) electrons. The molecule has 2 aromatic heterocycles. The van der Waals surface area contributed by atoms with E-state index in [0.717, 1.165) is 51.5 Å². The zero-order valence-electron chi connectivity index (χ0n) is 21.3. The molecule has 0 aliphatic heterocycles. The molecule has 192 valence electrons. The molecule has 1 saturated carbocycles. The first-order valence-electron chi connectivity index (χ1n) is 12.4. The van der Waals surface area contributed by atoms with E-state index in [1.165, 1.54) is 0 Å². The molecule has 1 fully saturated rings. The Labute approximate surface area is 220 Å². The summed E-state index contributed by atoms with van der Waals surface area (Å²) in [5, 5.41) is 10.1. The number of anilines is 1. The number of rotatable bonds is 9. The van der Waals surface area contributed by atoms with Crippen LogP contribution in [0.4, 0.5) is 5.82 Å². The number of hydrogen-bond acceptors (Lipinski definition) is 8. The molecule has 8 nitrogen and oxygen atoms in total. The second-order valence-corrected chi connectivity index (χ2v) is 9.70. The number of ether oxygens (including phenoxy) is 3. The highest BCUT2D eigenvalue weighted by atomic mass is 16.5. The van der Waals surface area contributed by atoms with Gasteiger partial charge in [0.1, 0.15) is 23.9 Å². The Morgan fingerprint density at radius 2 is 1.92 bits per heavy atom. The van der Waals surface area contributed by atoms with Crippen molar-refractivity contribution in [1.29, 1.82) is 0 Å². The third-order valence-corrected chi connectivity index (χ3v) is 6.71. The normalized spacial score (nSPS) is 13.9. The van der Waals surface area contributed by atoms with Crippen molar-refractivity contribution in [2.45, 2.75) is 25.3 Å². The molecule has 2 heterocycles.